The molecule has 0 N–H and O–H groups in total. The van der Waals surface area contributed by atoms with Gasteiger partial charge in [-0.1, -0.05) is 68.9 Å². The van der Waals surface area contributed by atoms with Gasteiger partial charge in [-0.2, -0.15) is 15.5 Å². The van der Waals surface area contributed by atoms with E-state index in [1.807, 2.05) is 30.3 Å². The molecule has 0 aromatic heterocycles. The van der Waals surface area contributed by atoms with E-state index in [-0.39, 0.29) is 6.04 Å². The lowest BCUT2D eigenvalue weighted by Gasteiger charge is -2.28. The predicted molar refractivity (Wildman–Crippen MR) is 162 cm³/mol. The first-order valence-electron chi connectivity index (χ1n) is 14.7. The molecule has 39 heavy (non-hydrogen) atoms. The molecule has 2 aromatic rings. The van der Waals surface area contributed by atoms with Crippen LogP contribution in [0.5, 0.6) is 11.5 Å². The summed E-state index contributed by atoms with van der Waals surface area (Å²) >= 11 is 0. The maximum Gasteiger partial charge on any atom is 0.119 e. The molecule has 0 bridgehead atoms. The second kappa shape index (κ2) is 19.0. The van der Waals surface area contributed by atoms with E-state index in [9.17, 15) is 5.26 Å². The summed E-state index contributed by atoms with van der Waals surface area (Å²) in [4.78, 5) is 0. The fourth-order valence-corrected chi connectivity index (χ4v) is 5.33. The monoisotopic (exact) mass is 531 g/mol. The molecular formula is C34H49N3O2. The van der Waals surface area contributed by atoms with Gasteiger partial charge in [0.2, 0.25) is 0 Å². The van der Waals surface area contributed by atoms with Crippen molar-refractivity contribution in [2.75, 3.05) is 21.3 Å². The van der Waals surface area contributed by atoms with Crippen LogP contribution in [-0.2, 0) is 11.8 Å². The average Bonchev–Trinajstić information content (AvgIpc) is 2.98. The Morgan fingerprint density at radius 1 is 0.872 bits per heavy atom. The minimum absolute atomic E-state index is 0.143. The summed E-state index contributed by atoms with van der Waals surface area (Å²) in [6, 6.07) is 19.2. The van der Waals surface area contributed by atoms with Crippen LogP contribution >= 0.6 is 0 Å². The molecule has 0 amide bonds. The normalized spacial score (nSPS) is 13.5. The van der Waals surface area contributed by atoms with Crippen molar-refractivity contribution in [3.05, 3.63) is 72.3 Å². The molecule has 0 fully saturated rings. The Labute approximate surface area is 237 Å². The van der Waals surface area contributed by atoms with Crippen molar-refractivity contribution in [2.24, 2.45) is 10.2 Å². The zero-order valence-corrected chi connectivity index (χ0v) is 24.5. The zero-order valence-electron chi connectivity index (χ0n) is 24.5. The van der Waals surface area contributed by atoms with Crippen LogP contribution in [0.1, 0.15) is 94.6 Å². The molecule has 0 spiro atoms. The minimum atomic E-state index is -0.515. The summed E-state index contributed by atoms with van der Waals surface area (Å²) in [5.74, 6) is 1.69. The Kier molecular flexibility index (Phi) is 15.6. The highest BCUT2D eigenvalue weighted by Crippen LogP contribution is 2.37. The number of ether oxygens (including phenoxy) is 2. The van der Waals surface area contributed by atoms with Gasteiger partial charge in [0.15, 0.2) is 0 Å². The molecule has 0 aliphatic heterocycles. The average molecular weight is 532 g/mol. The highest BCUT2D eigenvalue weighted by molar-refractivity contribution is 5.38. The van der Waals surface area contributed by atoms with Crippen molar-refractivity contribution in [2.45, 2.75) is 101 Å². The fraction of sp³-hybridized carbons (Fsp3) is 0.559. The molecule has 0 saturated heterocycles. The van der Waals surface area contributed by atoms with Crippen molar-refractivity contribution < 1.29 is 9.47 Å². The number of rotatable bonds is 21. The molecule has 2 rings (SSSR count). The minimum Gasteiger partial charge on any atom is -0.497 e. The summed E-state index contributed by atoms with van der Waals surface area (Å²) in [6.45, 7) is 3.80. The largest absolute Gasteiger partial charge is 0.497 e. The molecule has 0 saturated carbocycles. The number of benzene rings is 2. The molecule has 0 aliphatic carbocycles. The van der Waals surface area contributed by atoms with Gasteiger partial charge in [-0.25, -0.2) is 0 Å². The first-order valence-corrected chi connectivity index (χ1v) is 14.7. The van der Waals surface area contributed by atoms with E-state index in [1.165, 1.54) is 44.1 Å². The number of nitriles is 1. The quantitative estimate of drug-likeness (QED) is 0.0915. The third kappa shape index (κ3) is 11.6. The molecule has 5 heteroatoms. The Bertz CT molecular complexity index is 1030. The van der Waals surface area contributed by atoms with Gasteiger partial charge in [-0.05, 0) is 86.8 Å². The van der Waals surface area contributed by atoms with Crippen molar-refractivity contribution in [3.8, 4) is 17.6 Å². The molecule has 2 aromatic carbocycles. The van der Waals surface area contributed by atoms with E-state index >= 15 is 0 Å². The van der Waals surface area contributed by atoms with E-state index < -0.39 is 5.41 Å². The highest BCUT2D eigenvalue weighted by Gasteiger charge is 2.32. The third-order valence-corrected chi connectivity index (χ3v) is 7.67. The maximum atomic E-state index is 10.5. The number of nitrogens with zero attached hydrogens (tertiary/aromatic N) is 3. The highest BCUT2D eigenvalue weighted by atomic mass is 16.5. The lowest BCUT2D eigenvalue weighted by molar-refractivity contribution is 0.392. The SMILES string of the molecule is C=CCCCCCCCCCC(C#N)(CCCC(CCc1cccc(OC)c1)N=NC)c1cccc(OC)c1. The van der Waals surface area contributed by atoms with Crippen molar-refractivity contribution in [1.29, 1.82) is 5.26 Å². The van der Waals surface area contributed by atoms with E-state index in [2.05, 4.69) is 47.1 Å². The third-order valence-electron chi connectivity index (χ3n) is 7.67. The van der Waals surface area contributed by atoms with Gasteiger partial charge in [0, 0.05) is 7.05 Å². The van der Waals surface area contributed by atoms with Crippen molar-refractivity contribution in [3.63, 3.8) is 0 Å². The number of allylic oxidation sites excluding steroid dienone is 1. The lowest BCUT2D eigenvalue weighted by Crippen LogP contribution is -2.25. The Morgan fingerprint density at radius 3 is 2.18 bits per heavy atom. The molecule has 212 valence electrons. The van der Waals surface area contributed by atoms with Crippen molar-refractivity contribution >= 4 is 0 Å². The number of aryl methyl sites for hydroxylation is 1. The van der Waals surface area contributed by atoms with Gasteiger partial charge in [0.25, 0.3) is 0 Å². The standard InChI is InChI=1S/C34H49N3O2/c1-5-6-7-8-9-10-11-12-13-24-34(28-35,30-18-15-21-33(27-30)39-4)25-16-19-31(37-36-2)23-22-29-17-14-20-32(26-29)38-3/h5,14-15,17-18,20-21,26-27,31H,1,6-13,16,19,22-25H2,2-4H3. The summed E-state index contributed by atoms with van der Waals surface area (Å²) in [7, 11) is 5.13. The van der Waals surface area contributed by atoms with Crippen LogP contribution < -0.4 is 9.47 Å². The predicted octanol–water partition coefficient (Wildman–Crippen LogP) is 9.42. The fourth-order valence-electron chi connectivity index (χ4n) is 5.33. The molecule has 0 heterocycles. The topological polar surface area (TPSA) is 67.0 Å². The Hall–Kier alpha value is -3.13. The van der Waals surface area contributed by atoms with E-state index in [4.69, 9.17) is 9.47 Å². The van der Waals surface area contributed by atoms with Crippen LogP contribution in [0.3, 0.4) is 0 Å². The van der Waals surface area contributed by atoms with Gasteiger partial charge in [0.1, 0.15) is 11.5 Å². The molecular weight excluding hydrogens is 482 g/mol. The first kappa shape index (κ1) is 32.1. The number of azo groups is 1. The lowest BCUT2D eigenvalue weighted by atomic mass is 9.73. The maximum absolute atomic E-state index is 10.5. The van der Waals surface area contributed by atoms with Gasteiger partial charge < -0.3 is 9.47 Å². The van der Waals surface area contributed by atoms with Crippen LogP contribution in [0, 0.1) is 11.3 Å². The molecule has 2 atom stereocenters. The van der Waals surface area contributed by atoms with E-state index in [0.29, 0.717) is 0 Å². The summed E-state index contributed by atoms with van der Waals surface area (Å²) in [5.41, 5.74) is 1.80. The van der Waals surface area contributed by atoms with Gasteiger partial charge >= 0.3 is 0 Å². The Balaban J connectivity index is 1.99. The zero-order chi connectivity index (χ0) is 28.2. The van der Waals surface area contributed by atoms with E-state index in [0.717, 1.165) is 68.4 Å². The molecule has 0 aliphatic rings. The van der Waals surface area contributed by atoms with Crippen molar-refractivity contribution in [1.82, 2.24) is 0 Å². The summed E-state index contributed by atoms with van der Waals surface area (Å²) in [5, 5.41) is 19.2. The number of methoxy groups -OCH3 is 2. The second-order valence-electron chi connectivity index (χ2n) is 10.5. The first-order chi connectivity index (χ1) is 19.1. The van der Waals surface area contributed by atoms with Crippen LogP contribution in [-0.4, -0.2) is 27.3 Å². The van der Waals surface area contributed by atoms with Crippen LogP contribution in [0.2, 0.25) is 0 Å². The number of hydrogen-bond acceptors (Lipinski definition) is 5. The summed E-state index contributed by atoms with van der Waals surface area (Å²) in [6.07, 6.45) is 17.1. The van der Waals surface area contributed by atoms with Crippen LogP contribution in [0.25, 0.3) is 0 Å². The summed E-state index contributed by atoms with van der Waals surface area (Å²) < 4.78 is 10.9. The van der Waals surface area contributed by atoms with Gasteiger partial charge in [0.05, 0.1) is 31.7 Å². The van der Waals surface area contributed by atoms with Gasteiger partial charge in [-0.3, -0.25) is 0 Å². The smallest absolute Gasteiger partial charge is 0.119 e. The van der Waals surface area contributed by atoms with E-state index in [1.54, 1.807) is 21.3 Å². The second-order valence-corrected chi connectivity index (χ2v) is 10.5. The number of hydrogen-bond donors (Lipinski definition) is 0. The van der Waals surface area contributed by atoms with Crippen LogP contribution in [0.4, 0.5) is 0 Å². The van der Waals surface area contributed by atoms with Crippen LogP contribution in [0.15, 0.2) is 71.4 Å². The molecule has 5 nitrogen and oxygen atoms in total. The van der Waals surface area contributed by atoms with Gasteiger partial charge in [-0.15, -0.1) is 6.58 Å². The number of unbranched alkanes of at least 4 members (excludes halogenated alkanes) is 7. The molecule has 2 unspecified atom stereocenters. The molecule has 0 radical (unpaired) electrons. The Morgan fingerprint density at radius 2 is 1.51 bits per heavy atom.